The predicted molar refractivity (Wildman–Crippen MR) is 109 cm³/mol. The number of hydrogen-bond acceptors (Lipinski definition) is 6. The van der Waals surface area contributed by atoms with Crippen molar-refractivity contribution < 1.29 is 21.6 Å². The molecule has 0 spiro atoms. The van der Waals surface area contributed by atoms with E-state index < -0.39 is 26.9 Å². The van der Waals surface area contributed by atoms with Gasteiger partial charge in [-0.3, -0.25) is 0 Å². The topological polar surface area (TPSA) is 104 Å². The molecule has 0 aliphatic heterocycles. The van der Waals surface area contributed by atoms with Crippen LogP contribution in [0.5, 0.6) is 0 Å². The highest BCUT2D eigenvalue weighted by Crippen LogP contribution is 2.34. The number of halogens is 4. The Morgan fingerprint density at radius 3 is 2.45 bits per heavy atom. The maximum atomic E-state index is 12.9. The van der Waals surface area contributed by atoms with E-state index in [9.17, 15) is 21.6 Å². The molecule has 31 heavy (non-hydrogen) atoms. The second kappa shape index (κ2) is 7.71. The first-order chi connectivity index (χ1) is 14.5. The van der Waals surface area contributed by atoms with Crippen LogP contribution in [0, 0.1) is 0 Å². The molecular formula is C18H11ClF3N5O2S2. The van der Waals surface area contributed by atoms with Crippen molar-refractivity contribution >= 4 is 33.0 Å². The van der Waals surface area contributed by atoms with Crippen LogP contribution in [-0.4, -0.2) is 28.2 Å². The quantitative estimate of drug-likeness (QED) is 0.462. The molecule has 7 nitrogen and oxygen atoms in total. The minimum absolute atomic E-state index is 0.227. The molecule has 160 valence electrons. The first kappa shape index (κ1) is 21.4. The zero-order valence-electron chi connectivity index (χ0n) is 15.2. The molecule has 0 aliphatic carbocycles. The third-order valence-electron chi connectivity index (χ3n) is 4.24. The lowest BCUT2D eigenvalue weighted by Crippen LogP contribution is -2.18. The minimum Gasteiger partial charge on any atom is -0.245 e. The van der Waals surface area contributed by atoms with Gasteiger partial charge < -0.3 is 0 Å². The molecule has 3 heterocycles. The molecule has 0 aliphatic rings. The van der Waals surface area contributed by atoms with E-state index in [1.54, 1.807) is 23.7 Å². The average molecular weight is 486 g/mol. The summed E-state index contributed by atoms with van der Waals surface area (Å²) in [5.41, 5.74) is 2.61. The molecule has 13 heteroatoms. The number of pyridine rings is 1. The fourth-order valence-electron chi connectivity index (χ4n) is 2.84. The summed E-state index contributed by atoms with van der Waals surface area (Å²) in [6, 6.07) is 7.11. The average Bonchev–Trinajstić information content (AvgIpc) is 3.38. The van der Waals surface area contributed by atoms with E-state index in [0.29, 0.717) is 27.4 Å². The SMILES string of the molecule is NS(=O)(=O)c1ncc(-c2ccc(-c3cscn3)c(Cl)c2)cc1-n1ccc(C(F)(F)F)n1. The Hall–Kier alpha value is -2.80. The molecule has 0 unspecified atom stereocenters. The summed E-state index contributed by atoms with van der Waals surface area (Å²) in [6.45, 7) is 0. The highest BCUT2D eigenvalue weighted by atomic mass is 35.5. The largest absolute Gasteiger partial charge is 0.435 e. The number of nitrogens with two attached hydrogens (primary N) is 1. The summed E-state index contributed by atoms with van der Waals surface area (Å²) in [6.07, 6.45) is -2.47. The summed E-state index contributed by atoms with van der Waals surface area (Å²) < 4.78 is 63.5. The molecule has 4 rings (SSSR count). The van der Waals surface area contributed by atoms with Gasteiger partial charge in [-0.25, -0.2) is 28.2 Å². The summed E-state index contributed by atoms with van der Waals surface area (Å²) in [5, 5.41) is 10.2. The Balaban J connectivity index is 1.83. The molecule has 0 fully saturated rings. The normalized spacial score (nSPS) is 12.3. The van der Waals surface area contributed by atoms with Gasteiger partial charge in [-0.1, -0.05) is 23.7 Å². The van der Waals surface area contributed by atoms with Crippen LogP contribution in [0.3, 0.4) is 0 Å². The molecule has 0 bridgehead atoms. The fraction of sp³-hybridized carbons (Fsp3) is 0.0556. The molecule has 0 saturated heterocycles. The van der Waals surface area contributed by atoms with Gasteiger partial charge in [-0.05, 0) is 23.8 Å². The van der Waals surface area contributed by atoms with Crippen molar-refractivity contribution in [1.82, 2.24) is 19.7 Å². The lowest BCUT2D eigenvalue weighted by atomic mass is 10.0. The number of primary sulfonamides is 1. The third-order valence-corrected chi connectivity index (χ3v) is 5.99. The van der Waals surface area contributed by atoms with Gasteiger partial charge in [0, 0.05) is 28.9 Å². The number of sulfonamides is 1. The van der Waals surface area contributed by atoms with Crippen LogP contribution in [0.1, 0.15) is 5.69 Å². The first-order valence-electron chi connectivity index (χ1n) is 8.38. The van der Waals surface area contributed by atoms with Gasteiger partial charge in [-0.2, -0.15) is 18.3 Å². The maximum Gasteiger partial charge on any atom is 0.435 e. The van der Waals surface area contributed by atoms with E-state index >= 15 is 0 Å². The van der Waals surface area contributed by atoms with E-state index in [2.05, 4.69) is 15.1 Å². The Bertz CT molecular complexity index is 1370. The predicted octanol–water partition coefficient (Wildman–Crippen LogP) is 4.38. The molecule has 1 aromatic carbocycles. The zero-order chi connectivity index (χ0) is 22.4. The monoisotopic (exact) mass is 485 g/mol. The van der Waals surface area contributed by atoms with Gasteiger partial charge in [0.15, 0.2) is 10.7 Å². The molecule has 2 N–H and O–H groups in total. The second-order valence-corrected chi connectivity index (χ2v) is 8.91. The van der Waals surface area contributed by atoms with E-state index in [4.69, 9.17) is 16.7 Å². The molecule has 3 aromatic heterocycles. The van der Waals surface area contributed by atoms with E-state index in [0.717, 1.165) is 16.9 Å². The van der Waals surface area contributed by atoms with Crippen LogP contribution in [0.25, 0.3) is 28.1 Å². The molecule has 0 radical (unpaired) electrons. The molecule has 0 saturated carbocycles. The molecule has 0 atom stereocenters. The summed E-state index contributed by atoms with van der Waals surface area (Å²) in [5.74, 6) is 0. The van der Waals surface area contributed by atoms with Crippen molar-refractivity contribution in [3.8, 4) is 28.1 Å². The fourth-order valence-corrected chi connectivity index (χ4v) is 4.31. The van der Waals surface area contributed by atoms with Gasteiger partial charge in [-0.15, -0.1) is 11.3 Å². The summed E-state index contributed by atoms with van der Waals surface area (Å²) >= 11 is 7.78. The lowest BCUT2D eigenvalue weighted by molar-refractivity contribution is -0.141. The van der Waals surface area contributed by atoms with Crippen molar-refractivity contribution in [3.63, 3.8) is 0 Å². The van der Waals surface area contributed by atoms with Crippen molar-refractivity contribution in [1.29, 1.82) is 0 Å². The third kappa shape index (κ3) is 4.32. The van der Waals surface area contributed by atoms with Crippen LogP contribution < -0.4 is 5.14 Å². The van der Waals surface area contributed by atoms with Crippen molar-refractivity contribution in [2.75, 3.05) is 0 Å². The van der Waals surface area contributed by atoms with E-state index in [1.165, 1.54) is 23.6 Å². The Morgan fingerprint density at radius 1 is 1.10 bits per heavy atom. The zero-order valence-corrected chi connectivity index (χ0v) is 17.6. The Kier molecular flexibility index (Phi) is 5.33. The smallest absolute Gasteiger partial charge is 0.245 e. The van der Waals surface area contributed by atoms with Crippen LogP contribution in [0.2, 0.25) is 5.02 Å². The number of hydrogen-bond donors (Lipinski definition) is 1. The Labute approximate surface area is 183 Å². The highest BCUT2D eigenvalue weighted by Gasteiger charge is 2.34. The summed E-state index contributed by atoms with van der Waals surface area (Å²) in [4.78, 5) is 8.07. The van der Waals surface area contributed by atoms with Crippen LogP contribution in [0.4, 0.5) is 13.2 Å². The highest BCUT2D eigenvalue weighted by molar-refractivity contribution is 7.89. The van der Waals surface area contributed by atoms with Gasteiger partial charge in [0.05, 0.1) is 16.2 Å². The van der Waals surface area contributed by atoms with Gasteiger partial charge in [0.2, 0.25) is 0 Å². The number of benzene rings is 1. The Morgan fingerprint density at radius 2 is 1.87 bits per heavy atom. The minimum atomic E-state index is -4.70. The van der Waals surface area contributed by atoms with Crippen LogP contribution in [0.15, 0.2) is 58.6 Å². The number of nitrogens with zero attached hydrogens (tertiary/aromatic N) is 4. The second-order valence-electron chi connectivity index (χ2n) is 6.30. The number of alkyl halides is 3. The molecule has 0 amide bonds. The number of rotatable bonds is 4. The molecular weight excluding hydrogens is 475 g/mol. The summed E-state index contributed by atoms with van der Waals surface area (Å²) in [7, 11) is -4.34. The van der Waals surface area contributed by atoms with Crippen molar-refractivity contribution in [2.24, 2.45) is 5.14 Å². The van der Waals surface area contributed by atoms with Crippen molar-refractivity contribution in [2.45, 2.75) is 11.2 Å². The van der Waals surface area contributed by atoms with Crippen molar-refractivity contribution in [3.05, 3.63) is 64.3 Å². The van der Waals surface area contributed by atoms with Gasteiger partial charge >= 0.3 is 6.18 Å². The standard InChI is InChI=1S/C18H11ClF3N5O2S2/c19-13-5-10(1-2-12(13)14-8-30-9-25-14)11-6-15(17(24-7-11)31(23,28)29)27-4-3-16(26-27)18(20,21)22/h1-9H,(H2,23,28,29). The van der Waals surface area contributed by atoms with Gasteiger partial charge in [0.25, 0.3) is 10.0 Å². The first-order valence-corrected chi connectivity index (χ1v) is 11.3. The van der Waals surface area contributed by atoms with E-state index in [1.807, 2.05) is 5.38 Å². The van der Waals surface area contributed by atoms with Crippen LogP contribution in [-0.2, 0) is 16.2 Å². The van der Waals surface area contributed by atoms with Gasteiger partial charge in [0.1, 0.15) is 5.69 Å². The van der Waals surface area contributed by atoms with Crippen LogP contribution >= 0.6 is 22.9 Å². The molecule has 4 aromatic rings. The van der Waals surface area contributed by atoms with E-state index in [-0.39, 0.29) is 5.69 Å². The number of aromatic nitrogens is 4. The lowest BCUT2D eigenvalue weighted by Gasteiger charge is -2.11. The maximum absolute atomic E-state index is 12.9. The number of thiazole rings is 1.